The number of hydrogen-bond donors (Lipinski definition) is 1. The van der Waals surface area contributed by atoms with Crippen LogP contribution in [0.5, 0.6) is 5.75 Å². The number of hydrogen-bond acceptors (Lipinski definition) is 4. The van der Waals surface area contributed by atoms with Crippen molar-refractivity contribution in [1.82, 2.24) is 0 Å². The lowest BCUT2D eigenvalue weighted by molar-refractivity contribution is 0.112. The van der Waals surface area contributed by atoms with E-state index in [4.69, 9.17) is 0 Å². The van der Waals surface area contributed by atoms with E-state index in [-0.39, 0.29) is 5.75 Å². The Morgan fingerprint density at radius 1 is 0.762 bits per heavy atom. The number of benzene rings is 3. The topological polar surface area (TPSA) is 62.0 Å². The van der Waals surface area contributed by atoms with Crippen molar-refractivity contribution in [2.75, 3.05) is 0 Å². The molecule has 0 fully saturated rings. The van der Waals surface area contributed by atoms with Crippen LogP contribution in [0.4, 0.5) is 11.4 Å². The second-order valence-corrected chi connectivity index (χ2v) is 4.53. The van der Waals surface area contributed by atoms with E-state index >= 15 is 0 Å². The van der Waals surface area contributed by atoms with Gasteiger partial charge in [-0.15, -0.1) is 10.2 Å². The first-order valence-electron chi connectivity index (χ1n) is 6.46. The van der Waals surface area contributed by atoms with Crippen LogP contribution in [0.2, 0.25) is 0 Å². The van der Waals surface area contributed by atoms with Gasteiger partial charge >= 0.3 is 0 Å². The van der Waals surface area contributed by atoms with Gasteiger partial charge in [0.05, 0.1) is 11.4 Å². The summed E-state index contributed by atoms with van der Waals surface area (Å²) in [7, 11) is 0. The molecule has 0 aromatic heterocycles. The molecule has 0 aliphatic heterocycles. The average Bonchev–Trinajstić information content (AvgIpc) is 2.55. The Kier molecular flexibility index (Phi) is 3.43. The van der Waals surface area contributed by atoms with Crippen LogP contribution < -0.4 is 0 Å². The van der Waals surface area contributed by atoms with Gasteiger partial charge in [-0.2, -0.15) is 0 Å². The molecule has 0 amide bonds. The highest BCUT2D eigenvalue weighted by molar-refractivity contribution is 5.96. The SMILES string of the molecule is O=Cc1ccccc1/N=N/c1ccc(O)c2ccccc12. The van der Waals surface area contributed by atoms with Gasteiger partial charge in [0.1, 0.15) is 5.75 Å². The number of phenolic OH excluding ortho intramolecular Hbond substituents is 1. The van der Waals surface area contributed by atoms with E-state index in [1.165, 1.54) is 0 Å². The maximum atomic E-state index is 11.0. The predicted octanol–water partition coefficient (Wildman–Crippen LogP) is 4.77. The van der Waals surface area contributed by atoms with Gasteiger partial charge in [-0.1, -0.05) is 36.4 Å². The molecule has 3 aromatic carbocycles. The third-order valence-corrected chi connectivity index (χ3v) is 3.21. The summed E-state index contributed by atoms with van der Waals surface area (Å²) in [6.45, 7) is 0. The molecule has 0 atom stereocenters. The standard InChI is InChI=1S/C17H12N2O2/c20-11-12-5-1-4-8-15(12)18-19-16-9-10-17(21)14-7-3-2-6-13(14)16/h1-11,21H/b19-18+. The second-order valence-electron chi connectivity index (χ2n) is 4.53. The van der Waals surface area contributed by atoms with Crippen LogP contribution in [-0.2, 0) is 0 Å². The van der Waals surface area contributed by atoms with Crippen LogP contribution in [0.3, 0.4) is 0 Å². The van der Waals surface area contributed by atoms with Crippen molar-refractivity contribution in [2.45, 2.75) is 0 Å². The molecule has 0 spiro atoms. The third-order valence-electron chi connectivity index (χ3n) is 3.21. The highest BCUT2D eigenvalue weighted by Crippen LogP contribution is 2.33. The van der Waals surface area contributed by atoms with E-state index in [2.05, 4.69) is 10.2 Å². The molecule has 4 heteroatoms. The van der Waals surface area contributed by atoms with Crippen LogP contribution in [0.25, 0.3) is 10.8 Å². The lowest BCUT2D eigenvalue weighted by Crippen LogP contribution is -1.79. The lowest BCUT2D eigenvalue weighted by Gasteiger charge is -2.03. The van der Waals surface area contributed by atoms with Crippen molar-refractivity contribution >= 4 is 28.4 Å². The summed E-state index contributed by atoms with van der Waals surface area (Å²) in [5.41, 5.74) is 1.65. The Balaban J connectivity index is 2.08. The molecule has 0 heterocycles. The van der Waals surface area contributed by atoms with E-state index in [0.29, 0.717) is 16.9 Å². The zero-order chi connectivity index (χ0) is 14.7. The quantitative estimate of drug-likeness (QED) is 0.553. The minimum absolute atomic E-state index is 0.206. The molecule has 4 nitrogen and oxygen atoms in total. The summed E-state index contributed by atoms with van der Waals surface area (Å²) in [5, 5.41) is 19.7. The number of aldehydes is 1. The summed E-state index contributed by atoms with van der Waals surface area (Å²) < 4.78 is 0. The van der Waals surface area contributed by atoms with Gasteiger partial charge in [-0.3, -0.25) is 4.79 Å². The lowest BCUT2D eigenvalue weighted by atomic mass is 10.1. The Morgan fingerprint density at radius 2 is 1.43 bits per heavy atom. The van der Waals surface area contributed by atoms with Crippen molar-refractivity contribution in [3.63, 3.8) is 0 Å². The Morgan fingerprint density at radius 3 is 2.24 bits per heavy atom. The number of fused-ring (bicyclic) bond motifs is 1. The fourth-order valence-electron chi connectivity index (χ4n) is 2.14. The monoisotopic (exact) mass is 276 g/mol. The van der Waals surface area contributed by atoms with E-state index < -0.39 is 0 Å². The molecular formula is C17H12N2O2. The molecule has 0 bridgehead atoms. The summed E-state index contributed by atoms with van der Waals surface area (Å²) in [5.74, 6) is 0.206. The normalized spacial score (nSPS) is 11.0. The van der Waals surface area contributed by atoms with Crippen LogP contribution in [0, 0.1) is 0 Å². The Hall–Kier alpha value is -3.01. The minimum atomic E-state index is 0.206. The molecule has 0 aliphatic carbocycles. The van der Waals surface area contributed by atoms with Gasteiger partial charge in [-0.25, -0.2) is 0 Å². The van der Waals surface area contributed by atoms with Crippen LogP contribution >= 0.6 is 0 Å². The summed E-state index contributed by atoms with van der Waals surface area (Å²) >= 11 is 0. The number of phenols is 1. The number of rotatable bonds is 3. The second kappa shape index (κ2) is 5.54. The molecule has 0 unspecified atom stereocenters. The van der Waals surface area contributed by atoms with E-state index in [1.807, 2.05) is 24.3 Å². The summed E-state index contributed by atoms with van der Waals surface area (Å²) in [6.07, 6.45) is 0.753. The number of azo groups is 1. The van der Waals surface area contributed by atoms with Gasteiger partial charge in [-0.05, 0) is 24.3 Å². The molecule has 1 N–H and O–H groups in total. The number of carbonyl (C=O) groups is 1. The van der Waals surface area contributed by atoms with Crippen molar-refractivity contribution < 1.29 is 9.90 Å². The molecule has 0 saturated heterocycles. The van der Waals surface area contributed by atoms with Crippen LogP contribution in [0.1, 0.15) is 10.4 Å². The number of nitrogens with zero attached hydrogens (tertiary/aromatic N) is 2. The number of aromatic hydroxyl groups is 1. The van der Waals surface area contributed by atoms with Crippen LogP contribution in [-0.4, -0.2) is 11.4 Å². The molecule has 0 saturated carbocycles. The summed E-state index contributed by atoms with van der Waals surface area (Å²) in [4.78, 5) is 11.0. The first-order chi connectivity index (χ1) is 10.3. The zero-order valence-electron chi connectivity index (χ0n) is 11.1. The Labute approximate surface area is 121 Å². The molecule has 3 aromatic rings. The van der Waals surface area contributed by atoms with Gasteiger partial charge < -0.3 is 5.11 Å². The zero-order valence-corrected chi connectivity index (χ0v) is 11.1. The van der Waals surface area contributed by atoms with Crippen LogP contribution in [0.15, 0.2) is 70.9 Å². The molecule has 0 radical (unpaired) electrons. The smallest absolute Gasteiger partial charge is 0.152 e. The van der Waals surface area contributed by atoms with E-state index in [1.54, 1.807) is 36.4 Å². The van der Waals surface area contributed by atoms with Crippen molar-refractivity contribution in [3.05, 3.63) is 66.2 Å². The fourth-order valence-corrected chi connectivity index (χ4v) is 2.14. The largest absolute Gasteiger partial charge is 0.507 e. The molecule has 21 heavy (non-hydrogen) atoms. The minimum Gasteiger partial charge on any atom is -0.507 e. The fraction of sp³-hybridized carbons (Fsp3) is 0. The van der Waals surface area contributed by atoms with E-state index in [0.717, 1.165) is 17.1 Å². The molecule has 0 aliphatic rings. The molecular weight excluding hydrogens is 264 g/mol. The van der Waals surface area contributed by atoms with Gasteiger partial charge in [0.2, 0.25) is 0 Å². The van der Waals surface area contributed by atoms with Gasteiger partial charge in [0.15, 0.2) is 6.29 Å². The van der Waals surface area contributed by atoms with Gasteiger partial charge in [0, 0.05) is 16.3 Å². The van der Waals surface area contributed by atoms with Crippen molar-refractivity contribution in [1.29, 1.82) is 0 Å². The predicted molar refractivity (Wildman–Crippen MR) is 81.6 cm³/mol. The third kappa shape index (κ3) is 2.51. The maximum absolute atomic E-state index is 11.0. The highest BCUT2D eigenvalue weighted by atomic mass is 16.3. The van der Waals surface area contributed by atoms with E-state index in [9.17, 15) is 9.90 Å². The van der Waals surface area contributed by atoms with Crippen molar-refractivity contribution in [2.24, 2.45) is 10.2 Å². The van der Waals surface area contributed by atoms with Crippen molar-refractivity contribution in [3.8, 4) is 5.75 Å². The summed E-state index contributed by atoms with van der Waals surface area (Å²) in [6, 6.07) is 17.7. The first kappa shape index (κ1) is 13.0. The molecule has 3 rings (SSSR count). The number of carbonyl (C=O) groups excluding carboxylic acids is 1. The average molecular weight is 276 g/mol. The first-order valence-corrected chi connectivity index (χ1v) is 6.46. The molecule has 102 valence electrons. The Bertz CT molecular complexity index is 841. The highest BCUT2D eigenvalue weighted by Gasteiger charge is 2.04. The van der Waals surface area contributed by atoms with Gasteiger partial charge in [0.25, 0.3) is 0 Å². The maximum Gasteiger partial charge on any atom is 0.152 e.